The monoisotopic (exact) mass is 441 g/mol. The minimum atomic E-state index is -3.80. The third kappa shape index (κ3) is 5.71. The van der Waals surface area contributed by atoms with Crippen molar-refractivity contribution in [1.29, 1.82) is 0 Å². The fourth-order valence-corrected chi connectivity index (χ4v) is 4.11. The van der Waals surface area contributed by atoms with Crippen LogP contribution in [0.1, 0.15) is 34.0 Å². The summed E-state index contributed by atoms with van der Waals surface area (Å²) in [5, 5.41) is 9.20. The molecule has 3 aromatic rings. The molecule has 0 aliphatic carbocycles. The summed E-state index contributed by atoms with van der Waals surface area (Å²) < 4.78 is 33.4. The first-order valence-electron chi connectivity index (χ1n) is 9.83. The van der Waals surface area contributed by atoms with E-state index in [1.807, 2.05) is 56.3 Å². The minimum Gasteiger partial charge on any atom is -0.478 e. The maximum Gasteiger partial charge on any atom is 0.335 e. The molecule has 0 aliphatic heterocycles. The summed E-state index contributed by atoms with van der Waals surface area (Å²) in [5.74, 6) is 0.313. The zero-order valence-corrected chi connectivity index (χ0v) is 18.5. The molecule has 0 aliphatic rings. The smallest absolute Gasteiger partial charge is 0.335 e. The number of rotatable bonds is 8. The van der Waals surface area contributed by atoms with Crippen LogP contribution in [0.3, 0.4) is 0 Å². The van der Waals surface area contributed by atoms with Gasteiger partial charge in [-0.25, -0.2) is 17.9 Å². The van der Waals surface area contributed by atoms with Gasteiger partial charge >= 0.3 is 5.97 Å². The Balaban J connectivity index is 0.00000363. The van der Waals surface area contributed by atoms with Crippen molar-refractivity contribution in [3.05, 3.63) is 88.5 Å². The van der Waals surface area contributed by atoms with Gasteiger partial charge in [-0.1, -0.05) is 24.3 Å². The molecule has 0 fully saturated rings. The van der Waals surface area contributed by atoms with Gasteiger partial charge in [0.15, 0.2) is 0 Å². The Kier molecular flexibility index (Phi) is 6.77. The van der Waals surface area contributed by atoms with E-state index in [9.17, 15) is 18.3 Å². The van der Waals surface area contributed by atoms with E-state index in [1.165, 1.54) is 23.8 Å². The lowest BCUT2D eigenvalue weighted by atomic mass is 10.1. The molecule has 0 spiro atoms. The Morgan fingerprint density at radius 1 is 0.903 bits per heavy atom. The first-order valence-corrected chi connectivity index (χ1v) is 11.3. The molecule has 2 N–H and O–H groups in total. The van der Waals surface area contributed by atoms with E-state index >= 15 is 0 Å². The highest BCUT2D eigenvalue weighted by molar-refractivity contribution is 7.89. The number of benzene rings is 3. The number of hydrogen-bond donors (Lipinski definition) is 2. The minimum absolute atomic E-state index is 0. The number of sulfonamides is 1. The second-order valence-electron chi connectivity index (χ2n) is 7.42. The van der Waals surface area contributed by atoms with Gasteiger partial charge in [-0.15, -0.1) is 0 Å². The Bertz CT molecular complexity index is 1210. The summed E-state index contributed by atoms with van der Waals surface area (Å²) in [7, 11) is -3.80. The van der Waals surface area contributed by atoms with Crippen LogP contribution >= 0.6 is 0 Å². The standard InChI is InChI=1S/C24H25NO5S.H2/c1-16-4-8-21(14-18(16)3)30-20-9-6-19(7-10-20)12-13-25-31(28,29)22-11-5-17(2)23(15-22)24(26)27;/h4-11,14-15,25H,12-13H2,1-3H3,(H,26,27);1H. The predicted molar refractivity (Wildman–Crippen MR) is 122 cm³/mol. The Labute approximate surface area is 184 Å². The van der Waals surface area contributed by atoms with Gasteiger partial charge in [0.1, 0.15) is 11.5 Å². The number of carbonyl (C=O) groups is 1. The molecule has 0 amide bonds. The van der Waals surface area contributed by atoms with E-state index in [1.54, 1.807) is 6.92 Å². The van der Waals surface area contributed by atoms with Gasteiger partial charge in [0.2, 0.25) is 10.0 Å². The number of ether oxygens (including phenoxy) is 1. The molecular weight excluding hydrogens is 414 g/mol. The van der Waals surface area contributed by atoms with Gasteiger partial charge in [-0.05, 0) is 85.8 Å². The summed E-state index contributed by atoms with van der Waals surface area (Å²) in [5.41, 5.74) is 3.79. The summed E-state index contributed by atoms with van der Waals surface area (Å²) >= 11 is 0. The van der Waals surface area contributed by atoms with E-state index < -0.39 is 16.0 Å². The second kappa shape index (κ2) is 9.32. The van der Waals surface area contributed by atoms with Gasteiger partial charge in [-0.3, -0.25) is 0 Å². The summed E-state index contributed by atoms with van der Waals surface area (Å²) in [6.07, 6.45) is 0.487. The van der Waals surface area contributed by atoms with Crippen LogP contribution < -0.4 is 9.46 Å². The van der Waals surface area contributed by atoms with Crippen LogP contribution in [0.15, 0.2) is 65.6 Å². The van der Waals surface area contributed by atoms with Crippen LogP contribution in [-0.2, 0) is 16.4 Å². The maximum absolute atomic E-state index is 12.5. The van der Waals surface area contributed by atoms with Crippen molar-refractivity contribution in [2.75, 3.05) is 6.54 Å². The lowest BCUT2D eigenvalue weighted by Crippen LogP contribution is -2.26. The van der Waals surface area contributed by atoms with Gasteiger partial charge < -0.3 is 9.84 Å². The van der Waals surface area contributed by atoms with Crippen LogP contribution in [0, 0.1) is 20.8 Å². The highest BCUT2D eigenvalue weighted by Gasteiger charge is 2.17. The van der Waals surface area contributed by atoms with Crippen LogP contribution in [0.25, 0.3) is 0 Å². The molecule has 3 aromatic carbocycles. The Hall–Kier alpha value is -3.16. The van der Waals surface area contributed by atoms with E-state index in [0.29, 0.717) is 17.7 Å². The molecule has 31 heavy (non-hydrogen) atoms. The number of nitrogens with one attached hydrogen (secondary N) is 1. The van der Waals surface area contributed by atoms with Crippen LogP contribution in [0.5, 0.6) is 11.5 Å². The molecule has 164 valence electrons. The van der Waals surface area contributed by atoms with E-state index in [2.05, 4.69) is 4.72 Å². The Morgan fingerprint density at radius 2 is 1.55 bits per heavy atom. The van der Waals surface area contributed by atoms with Crippen molar-refractivity contribution in [1.82, 2.24) is 4.72 Å². The molecule has 0 bridgehead atoms. The number of aryl methyl sites for hydroxylation is 3. The average molecular weight is 442 g/mol. The summed E-state index contributed by atoms with van der Waals surface area (Å²) in [4.78, 5) is 11.2. The third-order valence-electron chi connectivity index (χ3n) is 5.09. The van der Waals surface area contributed by atoms with E-state index in [4.69, 9.17) is 4.74 Å². The van der Waals surface area contributed by atoms with Crippen molar-refractivity contribution >= 4 is 16.0 Å². The maximum atomic E-state index is 12.5. The lowest BCUT2D eigenvalue weighted by Gasteiger charge is -2.10. The number of carboxylic acids is 1. The topological polar surface area (TPSA) is 92.7 Å². The molecule has 0 radical (unpaired) electrons. The van der Waals surface area contributed by atoms with Crippen molar-refractivity contribution in [2.24, 2.45) is 0 Å². The molecule has 0 unspecified atom stereocenters. The predicted octanol–water partition coefficient (Wildman–Crippen LogP) is 4.87. The zero-order valence-electron chi connectivity index (χ0n) is 17.7. The van der Waals surface area contributed by atoms with Gasteiger partial charge in [-0.2, -0.15) is 0 Å². The molecule has 0 atom stereocenters. The van der Waals surface area contributed by atoms with Crippen molar-refractivity contribution in [2.45, 2.75) is 32.1 Å². The molecular formula is C24H27NO5S. The van der Waals surface area contributed by atoms with E-state index in [0.717, 1.165) is 16.9 Å². The van der Waals surface area contributed by atoms with Crippen molar-refractivity contribution in [3.8, 4) is 11.5 Å². The molecule has 0 heterocycles. The first kappa shape index (κ1) is 22.5. The lowest BCUT2D eigenvalue weighted by molar-refractivity contribution is 0.0696. The van der Waals surface area contributed by atoms with Crippen LogP contribution in [0.4, 0.5) is 0 Å². The van der Waals surface area contributed by atoms with Crippen LogP contribution in [0.2, 0.25) is 0 Å². The number of carboxylic acid groups (broad SMARTS) is 1. The normalized spacial score (nSPS) is 11.3. The number of aromatic carboxylic acids is 1. The highest BCUT2D eigenvalue weighted by Crippen LogP contribution is 2.24. The average Bonchev–Trinajstić information content (AvgIpc) is 2.72. The molecule has 3 rings (SSSR count). The van der Waals surface area contributed by atoms with E-state index in [-0.39, 0.29) is 18.4 Å². The molecule has 0 saturated carbocycles. The number of hydrogen-bond acceptors (Lipinski definition) is 4. The zero-order chi connectivity index (χ0) is 22.6. The SMILES string of the molecule is Cc1ccc(Oc2ccc(CCNS(=O)(=O)c3ccc(C)c(C(=O)O)c3)cc2)cc1C.[HH]. The third-order valence-corrected chi connectivity index (χ3v) is 6.55. The fourth-order valence-electron chi connectivity index (χ4n) is 3.05. The molecule has 7 heteroatoms. The summed E-state index contributed by atoms with van der Waals surface area (Å²) in [6, 6.07) is 17.5. The van der Waals surface area contributed by atoms with Gasteiger partial charge in [0.25, 0.3) is 0 Å². The summed E-state index contributed by atoms with van der Waals surface area (Å²) in [6.45, 7) is 5.90. The highest BCUT2D eigenvalue weighted by atomic mass is 32.2. The quantitative estimate of drug-likeness (QED) is 0.520. The second-order valence-corrected chi connectivity index (χ2v) is 9.19. The van der Waals surface area contributed by atoms with Crippen LogP contribution in [-0.4, -0.2) is 26.0 Å². The molecule has 0 aromatic heterocycles. The Morgan fingerprint density at radius 3 is 2.19 bits per heavy atom. The van der Waals surface area contributed by atoms with Gasteiger partial charge in [0.05, 0.1) is 10.5 Å². The van der Waals surface area contributed by atoms with Crippen molar-refractivity contribution < 1.29 is 24.5 Å². The molecule has 6 nitrogen and oxygen atoms in total. The fraction of sp³-hybridized carbons (Fsp3) is 0.208. The van der Waals surface area contributed by atoms with Gasteiger partial charge in [0, 0.05) is 7.97 Å². The van der Waals surface area contributed by atoms with Crippen molar-refractivity contribution in [3.63, 3.8) is 0 Å². The molecule has 0 saturated heterocycles. The first-order chi connectivity index (χ1) is 14.7. The largest absolute Gasteiger partial charge is 0.478 e.